The summed E-state index contributed by atoms with van der Waals surface area (Å²) in [7, 11) is 4.01. The average molecular weight is 229 g/mol. The Bertz CT molecular complexity index is 286. The summed E-state index contributed by atoms with van der Waals surface area (Å²) < 4.78 is 22.5. The van der Waals surface area contributed by atoms with Crippen molar-refractivity contribution >= 4 is 26.0 Å². The van der Waals surface area contributed by atoms with Crippen molar-refractivity contribution in [1.29, 1.82) is 0 Å². The molecule has 0 aromatic carbocycles. The molecular weight excluding hydrogens is 216 g/mol. The van der Waals surface area contributed by atoms with Gasteiger partial charge in [-0.05, 0) is 13.8 Å². The largest absolute Gasteiger partial charge is 0.334 e. The fraction of sp³-hybridized carbons (Fsp3) is 0.833. The van der Waals surface area contributed by atoms with E-state index in [-0.39, 0.29) is 0 Å². The topological polar surface area (TPSA) is 57.7 Å². The molecule has 0 fully saturated rings. The number of hydrogen-bond acceptors (Lipinski definition) is 3. The summed E-state index contributed by atoms with van der Waals surface area (Å²) in [4.78, 5) is 12.5. The predicted octanol–water partition coefficient (Wildman–Crippen LogP) is 0.862. The van der Waals surface area contributed by atoms with Gasteiger partial charge in [0.15, 0.2) is 0 Å². The molecule has 0 aromatic heterocycles. The summed E-state index contributed by atoms with van der Waals surface area (Å²) in [5.41, 5.74) is 0. The van der Waals surface area contributed by atoms with Gasteiger partial charge in [-0.15, -0.1) is 0 Å². The van der Waals surface area contributed by atoms with Crippen molar-refractivity contribution in [1.82, 2.24) is 9.21 Å². The molecular formula is C6H13ClN2O3S. The van der Waals surface area contributed by atoms with E-state index in [9.17, 15) is 13.2 Å². The van der Waals surface area contributed by atoms with Gasteiger partial charge in [-0.25, -0.2) is 9.10 Å². The number of urea groups is 1. The molecule has 0 N–H and O–H groups in total. The van der Waals surface area contributed by atoms with Crippen LogP contribution in [0.2, 0.25) is 0 Å². The summed E-state index contributed by atoms with van der Waals surface area (Å²) >= 11 is 0. The van der Waals surface area contributed by atoms with Crippen LogP contribution in [0, 0.1) is 0 Å². The molecule has 0 aliphatic rings. The lowest BCUT2D eigenvalue weighted by Crippen LogP contribution is -2.45. The van der Waals surface area contributed by atoms with E-state index in [0.29, 0.717) is 4.31 Å². The fourth-order valence-electron chi connectivity index (χ4n) is 0.763. The SMILES string of the molecule is CC(C)N(C(=O)N(C)C)S(=O)(=O)Cl. The van der Waals surface area contributed by atoms with Crippen molar-refractivity contribution in [2.45, 2.75) is 19.9 Å². The normalized spacial score (nSPS) is 11.5. The Hall–Kier alpha value is -0.490. The van der Waals surface area contributed by atoms with Crippen LogP contribution in [0.25, 0.3) is 0 Å². The van der Waals surface area contributed by atoms with Gasteiger partial charge in [0.05, 0.1) is 0 Å². The van der Waals surface area contributed by atoms with Gasteiger partial charge in [-0.1, -0.05) is 0 Å². The first-order chi connectivity index (χ1) is 5.68. The van der Waals surface area contributed by atoms with Crippen molar-refractivity contribution in [2.24, 2.45) is 0 Å². The van der Waals surface area contributed by atoms with Gasteiger partial charge in [0.25, 0.3) is 0 Å². The molecule has 0 saturated carbocycles. The standard InChI is InChI=1S/C6H13ClN2O3S/c1-5(2)9(13(7,11)12)6(10)8(3)4/h5H,1-4H3. The molecule has 2 amide bonds. The molecule has 0 unspecified atom stereocenters. The van der Waals surface area contributed by atoms with E-state index in [2.05, 4.69) is 0 Å². The van der Waals surface area contributed by atoms with E-state index >= 15 is 0 Å². The number of nitrogens with zero attached hydrogens (tertiary/aromatic N) is 2. The van der Waals surface area contributed by atoms with Crippen LogP contribution in [0.15, 0.2) is 0 Å². The zero-order valence-corrected chi connectivity index (χ0v) is 9.56. The quantitative estimate of drug-likeness (QED) is 0.659. The zero-order chi connectivity index (χ0) is 10.8. The minimum atomic E-state index is -3.99. The van der Waals surface area contributed by atoms with Gasteiger partial charge >= 0.3 is 15.3 Å². The maximum atomic E-state index is 11.3. The first-order valence-corrected chi connectivity index (χ1v) is 5.90. The highest BCUT2D eigenvalue weighted by molar-refractivity contribution is 8.12. The molecule has 0 aliphatic heterocycles. The van der Waals surface area contributed by atoms with Crippen LogP contribution >= 0.6 is 10.7 Å². The molecule has 0 aromatic rings. The Balaban J connectivity index is 4.96. The molecule has 0 atom stereocenters. The Morgan fingerprint density at radius 2 is 1.69 bits per heavy atom. The fourth-order valence-corrected chi connectivity index (χ4v) is 2.27. The van der Waals surface area contributed by atoms with Gasteiger partial charge in [-0.3, -0.25) is 0 Å². The number of hydrogen-bond donors (Lipinski definition) is 0. The van der Waals surface area contributed by atoms with Crippen LogP contribution in [0.3, 0.4) is 0 Å². The van der Waals surface area contributed by atoms with Crippen molar-refractivity contribution < 1.29 is 13.2 Å². The molecule has 0 heterocycles. The predicted molar refractivity (Wildman–Crippen MR) is 50.8 cm³/mol. The van der Waals surface area contributed by atoms with Gasteiger partial charge in [0.2, 0.25) is 0 Å². The summed E-state index contributed by atoms with van der Waals surface area (Å²) in [5, 5.41) is 0. The lowest BCUT2D eigenvalue weighted by molar-refractivity contribution is 0.191. The minimum absolute atomic E-state index is 0.489. The van der Waals surface area contributed by atoms with Gasteiger partial charge in [0.1, 0.15) is 0 Å². The lowest BCUT2D eigenvalue weighted by atomic mass is 10.4. The van der Waals surface area contributed by atoms with E-state index in [4.69, 9.17) is 10.7 Å². The molecule has 0 bridgehead atoms. The second-order valence-electron chi connectivity index (χ2n) is 3.01. The van der Waals surface area contributed by atoms with Crippen LogP contribution < -0.4 is 0 Å². The van der Waals surface area contributed by atoms with Crippen LogP contribution in [0.5, 0.6) is 0 Å². The van der Waals surface area contributed by atoms with Gasteiger partial charge < -0.3 is 4.90 Å². The maximum Gasteiger partial charge on any atom is 0.334 e. The Morgan fingerprint density at radius 3 is 1.77 bits per heavy atom. The summed E-state index contributed by atoms with van der Waals surface area (Å²) in [6, 6.07) is -1.14. The molecule has 0 aliphatic carbocycles. The molecule has 13 heavy (non-hydrogen) atoms. The van der Waals surface area contributed by atoms with Crippen molar-refractivity contribution in [3.05, 3.63) is 0 Å². The first kappa shape index (κ1) is 12.5. The monoisotopic (exact) mass is 228 g/mol. The van der Waals surface area contributed by atoms with Crippen LogP contribution in [0.4, 0.5) is 4.79 Å². The Labute approximate surface area is 82.8 Å². The smallest absolute Gasteiger partial charge is 0.330 e. The van der Waals surface area contributed by atoms with E-state index in [1.807, 2.05) is 0 Å². The van der Waals surface area contributed by atoms with Crippen LogP contribution in [-0.4, -0.2) is 43.8 Å². The third-order valence-electron chi connectivity index (χ3n) is 1.28. The number of carbonyl (C=O) groups is 1. The molecule has 7 heteroatoms. The highest BCUT2D eigenvalue weighted by atomic mass is 35.7. The third kappa shape index (κ3) is 3.40. The number of rotatable bonds is 2. The lowest BCUT2D eigenvalue weighted by Gasteiger charge is -2.25. The second-order valence-corrected chi connectivity index (χ2v) is 5.40. The summed E-state index contributed by atoms with van der Waals surface area (Å²) in [6.07, 6.45) is 0. The highest BCUT2D eigenvalue weighted by Gasteiger charge is 2.29. The van der Waals surface area contributed by atoms with Crippen molar-refractivity contribution in [3.63, 3.8) is 0 Å². The molecule has 0 saturated heterocycles. The van der Waals surface area contributed by atoms with Crippen molar-refractivity contribution in [3.8, 4) is 0 Å². The number of amides is 2. The van der Waals surface area contributed by atoms with E-state index in [0.717, 1.165) is 4.90 Å². The van der Waals surface area contributed by atoms with Gasteiger partial charge in [-0.2, -0.15) is 8.42 Å². The van der Waals surface area contributed by atoms with Crippen LogP contribution in [-0.2, 0) is 9.24 Å². The summed E-state index contributed by atoms with van der Waals surface area (Å²) in [5.74, 6) is 0. The molecule has 5 nitrogen and oxygen atoms in total. The van der Waals surface area contributed by atoms with Gasteiger partial charge in [0, 0.05) is 30.8 Å². The molecule has 0 rings (SSSR count). The molecule has 0 spiro atoms. The van der Waals surface area contributed by atoms with Crippen LogP contribution in [0.1, 0.15) is 13.8 Å². The van der Waals surface area contributed by atoms with E-state index in [1.165, 1.54) is 14.1 Å². The first-order valence-electron chi connectivity index (χ1n) is 3.63. The Morgan fingerprint density at radius 1 is 1.31 bits per heavy atom. The van der Waals surface area contributed by atoms with E-state index in [1.54, 1.807) is 13.8 Å². The zero-order valence-electron chi connectivity index (χ0n) is 7.98. The molecule has 0 radical (unpaired) electrons. The highest BCUT2D eigenvalue weighted by Crippen LogP contribution is 2.13. The number of carbonyl (C=O) groups excluding carboxylic acids is 1. The van der Waals surface area contributed by atoms with E-state index < -0.39 is 21.3 Å². The minimum Gasteiger partial charge on any atom is -0.330 e. The average Bonchev–Trinajstić information content (AvgIpc) is 1.82. The molecule has 78 valence electrons. The summed E-state index contributed by atoms with van der Waals surface area (Å²) in [6.45, 7) is 3.14. The number of halogens is 1. The Kier molecular flexibility index (Phi) is 3.99. The third-order valence-corrected chi connectivity index (χ3v) is 2.77. The van der Waals surface area contributed by atoms with Crippen molar-refractivity contribution in [2.75, 3.05) is 14.1 Å². The second kappa shape index (κ2) is 4.15. The maximum absolute atomic E-state index is 11.3.